The number of nitrogens with zero attached hydrogens (tertiary/aromatic N) is 1. The van der Waals surface area contributed by atoms with Crippen molar-refractivity contribution < 1.29 is 22.8 Å². The molecule has 3 aromatic rings. The lowest BCUT2D eigenvalue weighted by Gasteiger charge is -2.35. The highest BCUT2D eigenvalue weighted by Crippen LogP contribution is 2.49. The van der Waals surface area contributed by atoms with E-state index in [9.17, 15) is 22.8 Å². The minimum Gasteiger partial charge on any atom is -0.357 e. The molecular formula is C27H19Cl2F3N2O2. The summed E-state index contributed by atoms with van der Waals surface area (Å²) in [6.45, 7) is 0. The van der Waals surface area contributed by atoms with Crippen molar-refractivity contribution in [1.82, 2.24) is 0 Å². The number of hydrogen-bond donors (Lipinski definition) is 1. The number of allylic oxidation sites excluding steroid dienone is 1. The number of nitrogens with one attached hydrogen (secondary N) is 1. The van der Waals surface area contributed by atoms with Gasteiger partial charge in [0.25, 0.3) is 0 Å². The van der Waals surface area contributed by atoms with Crippen LogP contribution in [0.25, 0.3) is 0 Å². The van der Waals surface area contributed by atoms with E-state index in [1.165, 1.54) is 12.1 Å². The van der Waals surface area contributed by atoms with Crippen LogP contribution in [0.15, 0.2) is 84.1 Å². The van der Waals surface area contributed by atoms with Gasteiger partial charge in [0.15, 0.2) is 5.78 Å². The number of carbonyl (C=O) groups excluding carboxylic acids is 2. The largest absolute Gasteiger partial charge is 0.471 e. The quantitative estimate of drug-likeness (QED) is 0.374. The lowest BCUT2D eigenvalue weighted by molar-refractivity contribution is -0.170. The van der Waals surface area contributed by atoms with Gasteiger partial charge in [-0.3, -0.25) is 14.5 Å². The fraction of sp³-hybridized carbons (Fsp3) is 0.185. The Hall–Kier alpha value is -3.29. The molecule has 4 nitrogen and oxygen atoms in total. The first-order valence-electron chi connectivity index (χ1n) is 11.2. The van der Waals surface area contributed by atoms with Gasteiger partial charge in [-0.15, -0.1) is 0 Å². The van der Waals surface area contributed by atoms with E-state index >= 15 is 0 Å². The molecular weight excluding hydrogens is 512 g/mol. The van der Waals surface area contributed by atoms with Gasteiger partial charge >= 0.3 is 12.1 Å². The fourth-order valence-corrected chi connectivity index (χ4v) is 5.28. The van der Waals surface area contributed by atoms with Crippen LogP contribution in [0.5, 0.6) is 0 Å². The molecule has 0 aromatic heterocycles. The predicted octanol–water partition coefficient (Wildman–Crippen LogP) is 7.46. The second kappa shape index (κ2) is 9.30. The third kappa shape index (κ3) is 4.38. The van der Waals surface area contributed by atoms with E-state index in [4.69, 9.17) is 23.2 Å². The van der Waals surface area contributed by atoms with Gasteiger partial charge in [-0.25, -0.2) is 0 Å². The molecule has 0 unspecified atom stereocenters. The molecule has 0 fully saturated rings. The first-order valence-corrected chi connectivity index (χ1v) is 11.9. The molecule has 0 spiro atoms. The van der Waals surface area contributed by atoms with E-state index in [2.05, 4.69) is 5.32 Å². The molecule has 2 aliphatic rings. The molecule has 184 valence electrons. The molecule has 9 heteroatoms. The van der Waals surface area contributed by atoms with Crippen LogP contribution < -0.4 is 10.2 Å². The zero-order valence-electron chi connectivity index (χ0n) is 18.7. The fourth-order valence-electron chi connectivity index (χ4n) is 4.91. The first-order chi connectivity index (χ1) is 17.1. The Morgan fingerprint density at radius 2 is 1.58 bits per heavy atom. The molecule has 5 rings (SSSR count). The minimum absolute atomic E-state index is 0.00925. The Kier molecular flexibility index (Phi) is 6.30. The van der Waals surface area contributed by atoms with Gasteiger partial charge in [-0.2, -0.15) is 13.2 Å². The SMILES string of the molecule is O=C1C[C@@H](c2ccc(Cl)cc2)CC2=C1[C@@H](c1ccccc1Cl)N(C(=O)C(F)(F)F)c1ccccc1N2. The number of ketones is 1. The molecule has 36 heavy (non-hydrogen) atoms. The number of carbonyl (C=O) groups is 2. The van der Waals surface area contributed by atoms with Gasteiger partial charge in [0.05, 0.1) is 17.4 Å². The van der Waals surface area contributed by atoms with Crippen molar-refractivity contribution in [3.63, 3.8) is 0 Å². The molecule has 1 aliphatic heterocycles. The molecule has 0 saturated carbocycles. The summed E-state index contributed by atoms with van der Waals surface area (Å²) >= 11 is 12.5. The topological polar surface area (TPSA) is 49.4 Å². The standard InChI is InChI=1S/C27H19Cl2F3N2O2/c28-17-11-9-15(10-12-17)16-13-21-24(23(35)14-16)25(18-5-1-2-6-19(18)29)34(26(36)27(30,31)32)22-8-4-3-7-20(22)33-21/h1-12,16,25,33H,13-14H2/t16-,25+/m0/s1. The molecule has 3 aromatic carbocycles. The summed E-state index contributed by atoms with van der Waals surface area (Å²) in [5.41, 5.74) is 1.98. The van der Waals surface area contributed by atoms with Gasteiger partial charge in [0.2, 0.25) is 0 Å². The lowest BCUT2D eigenvalue weighted by atomic mass is 9.78. The summed E-state index contributed by atoms with van der Waals surface area (Å²) in [6, 6.07) is 18.3. The number of alkyl halides is 3. The Morgan fingerprint density at radius 1 is 0.917 bits per heavy atom. The zero-order valence-corrected chi connectivity index (χ0v) is 20.2. The maximum Gasteiger partial charge on any atom is 0.471 e. The van der Waals surface area contributed by atoms with Crippen molar-refractivity contribution in [2.24, 2.45) is 0 Å². The number of fused-ring (bicyclic) bond motifs is 1. The van der Waals surface area contributed by atoms with Gasteiger partial charge in [0.1, 0.15) is 0 Å². The van der Waals surface area contributed by atoms with Gasteiger partial charge in [-0.05, 0) is 53.8 Å². The molecule has 1 N–H and O–H groups in total. The molecule has 0 radical (unpaired) electrons. The van der Waals surface area contributed by atoms with Crippen molar-refractivity contribution in [2.75, 3.05) is 10.2 Å². The minimum atomic E-state index is -5.18. The lowest BCUT2D eigenvalue weighted by Crippen LogP contribution is -2.45. The smallest absolute Gasteiger partial charge is 0.357 e. The Bertz CT molecular complexity index is 1390. The van der Waals surface area contributed by atoms with E-state index in [-0.39, 0.29) is 40.0 Å². The monoisotopic (exact) mass is 530 g/mol. The molecule has 2 atom stereocenters. The Labute approximate surface area is 215 Å². The van der Waals surface area contributed by atoms with Crippen LogP contribution in [0.4, 0.5) is 24.5 Å². The average molecular weight is 531 g/mol. The molecule has 1 heterocycles. The van der Waals surface area contributed by atoms with E-state index in [0.29, 0.717) is 27.7 Å². The maximum atomic E-state index is 13.9. The molecule has 1 amide bonds. The first kappa shape index (κ1) is 24.4. The highest BCUT2D eigenvalue weighted by molar-refractivity contribution is 6.31. The maximum absolute atomic E-state index is 13.9. The summed E-state index contributed by atoms with van der Waals surface area (Å²) in [5, 5.41) is 3.90. The summed E-state index contributed by atoms with van der Waals surface area (Å²) < 4.78 is 41.8. The third-order valence-electron chi connectivity index (χ3n) is 6.49. The van der Waals surface area contributed by atoms with Crippen LogP contribution in [-0.2, 0) is 9.59 Å². The number of hydrogen-bond acceptors (Lipinski definition) is 3. The van der Waals surface area contributed by atoms with Crippen molar-refractivity contribution >= 4 is 46.3 Å². The summed E-state index contributed by atoms with van der Waals surface area (Å²) in [7, 11) is 0. The van der Waals surface area contributed by atoms with Crippen LogP contribution in [0.2, 0.25) is 10.0 Å². The van der Waals surface area contributed by atoms with Crippen LogP contribution in [-0.4, -0.2) is 17.9 Å². The highest BCUT2D eigenvalue weighted by Gasteiger charge is 2.50. The average Bonchev–Trinajstić information content (AvgIpc) is 2.98. The van der Waals surface area contributed by atoms with Gasteiger partial charge in [0, 0.05) is 27.7 Å². The van der Waals surface area contributed by atoms with Crippen molar-refractivity contribution in [3.05, 3.63) is 105 Å². The van der Waals surface area contributed by atoms with E-state index in [1.807, 2.05) is 12.1 Å². The third-order valence-corrected chi connectivity index (χ3v) is 7.09. The van der Waals surface area contributed by atoms with Crippen LogP contribution in [0.1, 0.15) is 35.9 Å². The number of halogens is 5. The van der Waals surface area contributed by atoms with Crippen LogP contribution in [0, 0.1) is 0 Å². The van der Waals surface area contributed by atoms with E-state index in [1.54, 1.807) is 48.5 Å². The predicted molar refractivity (Wildman–Crippen MR) is 133 cm³/mol. The summed E-state index contributed by atoms with van der Waals surface area (Å²) in [4.78, 5) is 27.3. The van der Waals surface area contributed by atoms with Gasteiger partial charge in [-0.1, -0.05) is 65.7 Å². The van der Waals surface area contributed by atoms with Crippen molar-refractivity contribution in [2.45, 2.75) is 31.0 Å². The second-order valence-corrected chi connectivity index (χ2v) is 9.55. The normalized spacial score (nSPS) is 19.8. The molecule has 0 bridgehead atoms. The van der Waals surface area contributed by atoms with Crippen LogP contribution >= 0.6 is 23.2 Å². The Balaban J connectivity index is 1.74. The highest BCUT2D eigenvalue weighted by atomic mass is 35.5. The molecule has 0 saturated heterocycles. The van der Waals surface area contributed by atoms with Crippen molar-refractivity contribution in [3.8, 4) is 0 Å². The van der Waals surface area contributed by atoms with E-state index in [0.717, 1.165) is 5.56 Å². The van der Waals surface area contributed by atoms with Crippen molar-refractivity contribution in [1.29, 1.82) is 0 Å². The number of amides is 1. The summed E-state index contributed by atoms with van der Waals surface area (Å²) in [6.07, 6.45) is -4.76. The number of rotatable bonds is 2. The van der Waals surface area contributed by atoms with E-state index < -0.39 is 18.1 Å². The molecule has 1 aliphatic carbocycles. The second-order valence-electron chi connectivity index (χ2n) is 8.71. The number of anilines is 2. The Morgan fingerprint density at radius 3 is 2.28 bits per heavy atom. The number of Topliss-reactive ketones (excluding diaryl/α,β-unsaturated/α-hetero) is 1. The van der Waals surface area contributed by atoms with Gasteiger partial charge < -0.3 is 5.32 Å². The summed E-state index contributed by atoms with van der Waals surface area (Å²) in [5.74, 6) is -2.66. The van der Waals surface area contributed by atoms with Crippen LogP contribution in [0.3, 0.4) is 0 Å². The number of para-hydroxylation sites is 2. The zero-order chi connectivity index (χ0) is 25.6. The number of benzene rings is 3.